The van der Waals surface area contributed by atoms with Gasteiger partial charge >= 0.3 is 6.18 Å². The summed E-state index contributed by atoms with van der Waals surface area (Å²) in [6.07, 6.45) is -3.07. The lowest BCUT2D eigenvalue weighted by molar-refractivity contribution is -0.137. The number of hydrogen-bond donors (Lipinski definition) is 1. The number of carbonyl (C=O) groups is 1. The maximum Gasteiger partial charge on any atom is 0.416 e. The Hall–Kier alpha value is -2.65. The Kier molecular flexibility index (Phi) is 5.33. The van der Waals surface area contributed by atoms with Crippen molar-refractivity contribution in [2.45, 2.75) is 12.7 Å². The van der Waals surface area contributed by atoms with Gasteiger partial charge < -0.3 is 9.84 Å². The van der Waals surface area contributed by atoms with Gasteiger partial charge in [0.2, 0.25) is 0 Å². The number of alkyl halides is 3. The molecule has 0 atom stereocenters. The molecular weight excluding hydrogens is 408 g/mol. The number of hydrogen-bond acceptors (Lipinski definition) is 5. The predicted molar refractivity (Wildman–Crippen MR) is 90.2 cm³/mol. The molecule has 0 aliphatic heterocycles. The van der Waals surface area contributed by atoms with Crippen LogP contribution < -0.4 is 5.32 Å². The number of carbonyl (C=O) groups excluding carboxylic acids is 1. The van der Waals surface area contributed by atoms with Gasteiger partial charge in [-0.25, -0.2) is 4.98 Å². The Balaban J connectivity index is 1.72. The van der Waals surface area contributed by atoms with Crippen molar-refractivity contribution in [3.8, 4) is 11.5 Å². The van der Waals surface area contributed by atoms with Gasteiger partial charge in [-0.2, -0.15) is 18.2 Å². The lowest BCUT2D eigenvalue weighted by Gasteiger charge is -2.07. The minimum Gasteiger partial charge on any atom is -0.345 e. The van der Waals surface area contributed by atoms with Crippen LogP contribution in [0.5, 0.6) is 0 Å². The molecule has 0 saturated carbocycles. The van der Waals surface area contributed by atoms with Crippen molar-refractivity contribution >= 4 is 29.1 Å². The van der Waals surface area contributed by atoms with Gasteiger partial charge in [0.05, 0.1) is 28.3 Å². The second-order valence-corrected chi connectivity index (χ2v) is 6.00. The topological polar surface area (TPSA) is 80.9 Å². The minimum absolute atomic E-state index is 0.0420. The first-order valence-electron chi connectivity index (χ1n) is 7.34. The summed E-state index contributed by atoms with van der Waals surface area (Å²) < 4.78 is 43.1. The van der Waals surface area contributed by atoms with Crippen LogP contribution in [0.4, 0.5) is 13.2 Å². The first-order chi connectivity index (χ1) is 12.8. The van der Waals surface area contributed by atoms with E-state index in [4.69, 9.17) is 27.7 Å². The number of amides is 1. The third-order valence-corrected chi connectivity index (χ3v) is 4.02. The Morgan fingerprint density at radius 1 is 1.22 bits per heavy atom. The molecule has 1 amide bonds. The van der Waals surface area contributed by atoms with Crippen LogP contribution in [0.3, 0.4) is 0 Å². The molecule has 0 unspecified atom stereocenters. The molecule has 0 saturated heterocycles. The highest BCUT2D eigenvalue weighted by atomic mass is 35.5. The van der Waals surface area contributed by atoms with Crippen molar-refractivity contribution in [1.82, 2.24) is 20.4 Å². The first kappa shape index (κ1) is 19.1. The summed E-state index contributed by atoms with van der Waals surface area (Å²) in [5, 5.41) is 6.05. The highest BCUT2D eigenvalue weighted by Crippen LogP contribution is 2.35. The average Bonchev–Trinajstić information content (AvgIpc) is 3.08. The standard InChI is InChI=1S/C16H9Cl2F3N4O2/c17-11-6-8(16(19,20)21)3-4-9(11)15-24-12(25-27-15)7-23-14(26)10-2-1-5-22-13(10)18/h1-6H,7H2,(H,23,26). The van der Waals surface area contributed by atoms with Gasteiger partial charge in [-0.05, 0) is 30.3 Å². The zero-order chi connectivity index (χ0) is 19.6. The number of aromatic nitrogens is 3. The molecule has 0 spiro atoms. The fraction of sp³-hybridized carbons (Fsp3) is 0.125. The monoisotopic (exact) mass is 416 g/mol. The molecule has 27 heavy (non-hydrogen) atoms. The number of nitrogens with one attached hydrogen (secondary N) is 1. The molecule has 0 aliphatic carbocycles. The minimum atomic E-state index is -4.51. The van der Waals surface area contributed by atoms with Crippen molar-refractivity contribution in [3.63, 3.8) is 0 Å². The van der Waals surface area contributed by atoms with Gasteiger partial charge in [-0.3, -0.25) is 4.79 Å². The maximum absolute atomic E-state index is 12.7. The SMILES string of the molecule is O=C(NCc1noc(-c2ccc(C(F)(F)F)cc2Cl)n1)c1cccnc1Cl. The largest absolute Gasteiger partial charge is 0.416 e. The molecule has 2 heterocycles. The van der Waals surface area contributed by atoms with Gasteiger partial charge in [0.25, 0.3) is 11.8 Å². The van der Waals surface area contributed by atoms with Crippen LogP contribution in [-0.4, -0.2) is 21.0 Å². The van der Waals surface area contributed by atoms with E-state index in [1.165, 1.54) is 12.3 Å². The fourth-order valence-corrected chi connectivity index (χ4v) is 2.58. The van der Waals surface area contributed by atoms with Crippen LogP contribution in [0.2, 0.25) is 10.2 Å². The summed E-state index contributed by atoms with van der Waals surface area (Å²) in [5.74, 6) is -0.460. The highest BCUT2D eigenvalue weighted by Gasteiger charge is 2.31. The smallest absolute Gasteiger partial charge is 0.345 e. The van der Waals surface area contributed by atoms with E-state index in [0.29, 0.717) is 0 Å². The van der Waals surface area contributed by atoms with E-state index >= 15 is 0 Å². The van der Waals surface area contributed by atoms with E-state index in [2.05, 4.69) is 20.4 Å². The van der Waals surface area contributed by atoms with E-state index < -0.39 is 17.6 Å². The fourth-order valence-electron chi connectivity index (χ4n) is 2.11. The van der Waals surface area contributed by atoms with Crippen LogP contribution in [0.15, 0.2) is 41.1 Å². The van der Waals surface area contributed by atoms with E-state index in [1.807, 2.05) is 0 Å². The Bertz CT molecular complexity index is 992. The second kappa shape index (κ2) is 7.53. The molecule has 6 nitrogen and oxygen atoms in total. The lowest BCUT2D eigenvalue weighted by Crippen LogP contribution is -2.23. The third kappa shape index (κ3) is 4.37. The molecule has 0 bridgehead atoms. The number of pyridine rings is 1. The summed E-state index contributed by atoms with van der Waals surface area (Å²) in [5.41, 5.74) is -0.574. The summed E-state index contributed by atoms with van der Waals surface area (Å²) in [6, 6.07) is 5.81. The molecule has 11 heteroatoms. The zero-order valence-electron chi connectivity index (χ0n) is 13.2. The summed E-state index contributed by atoms with van der Waals surface area (Å²) in [7, 11) is 0. The molecule has 3 aromatic rings. The molecule has 3 rings (SSSR count). The zero-order valence-corrected chi connectivity index (χ0v) is 14.7. The van der Waals surface area contributed by atoms with Gasteiger partial charge in [0.15, 0.2) is 5.82 Å². The molecule has 1 N–H and O–H groups in total. The second-order valence-electron chi connectivity index (χ2n) is 5.23. The van der Waals surface area contributed by atoms with Crippen molar-refractivity contribution in [2.24, 2.45) is 0 Å². The molecule has 0 radical (unpaired) electrons. The number of benzene rings is 1. The summed E-state index contributed by atoms with van der Waals surface area (Å²) >= 11 is 11.7. The highest BCUT2D eigenvalue weighted by molar-refractivity contribution is 6.33. The third-order valence-electron chi connectivity index (χ3n) is 3.41. The van der Waals surface area contributed by atoms with Crippen LogP contribution >= 0.6 is 23.2 Å². The molecular formula is C16H9Cl2F3N4O2. The normalized spacial score (nSPS) is 11.4. The molecule has 140 valence electrons. The van der Waals surface area contributed by atoms with E-state index in [0.717, 1.165) is 18.2 Å². The average molecular weight is 417 g/mol. The quantitative estimate of drug-likeness (QED) is 0.637. The predicted octanol–water partition coefficient (Wildman–Crippen LogP) is 4.39. The maximum atomic E-state index is 12.7. The molecule has 0 aliphatic rings. The van der Waals surface area contributed by atoms with Gasteiger partial charge in [0, 0.05) is 6.20 Å². The van der Waals surface area contributed by atoms with Gasteiger partial charge in [0.1, 0.15) is 5.15 Å². The van der Waals surface area contributed by atoms with Crippen molar-refractivity contribution in [3.05, 3.63) is 63.7 Å². The lowest BCUT2D eigenvalue weighted by atomic mass is 10.1. The molecule has 1 aromatic carbocycles. The summed E-state index contributed by atoms with van der Waals surface area (Å²) in [6.45, 7) is -0.0915. The van der Waals surface area contributed by atoms with E-state index in [1.54, 1.807) is 6.07 Å². The van der Waals surface area contributed by atoms with Crippen molar-refractivity contribution in [2.75, 3.05) is 0 Å². The van der Waals surface area contributed by atoms with Crippen molar-refractivity contribution < 1.29 is 22.5 Å². The Labute approximate surface area is 160 Å². The van der Waals surface area contributed by atoms with Crippen molar-refractivity contribution in [1.29, 1.82) is 0 Å². The van der Waals surface area contributed by atoms with Crippen LogP contribution in [0, 0.1) is 0 Å². The number of nitrogens with zero attached hydrogens (tertiary/aromatic N) is 3. The Morgan fingerprint density at radius 2 is 2.00 bits per heavy atom. The molecule has 2 aromatic heterocycles. The number of halogens is 5. The first-order valence-corrected chi connectivity index (χ1v) is 8.09. The van der Waals surface area contributed by atoms with Gasteiger partial charge in [-0.1, -0.05) is 28.4 Å². The van der Waals surface area contributed by atoms with E-state index in [9.17, 15) is 18.0 Å². The van der Waals surface area contributed by atoms with Crippen LogP contribution in [0.25, 0.3) is 11.5 Å². The van der Waals surface area contributed by atoms with Crippen LogP contribution in [0.1, 0.15) is 21.7 Å². The number of rotatable bonds is 4. The Morgan fingerprint density at radius 3 is 2.67 bits per heavy atom. The summed E-state index contributed by atoms with van der Waals surface area (Å²) in [4.78, 5) is 19.9. The van der Waals surface area contributed by atoms with Gasteiger partial charge in [-0.15, -0.1) is 0 Å². The van der Waals surface area contributed by atoms with Crippen LogP contribution in [-0.2, 0) is 12.7 Å². The molecule has 0 fully saturated rings. The van der Waals surface area contributed by atoms with E-state index in [-0.39, 0.29) is 39.6 Å².